The van der Waals surface area contributed by atoms with Crippen molar-refractivity contribution < 1.29 is 4.52 Å². The molecule has 0 spiro atoms. The van der Waals surface area contributed by atoms with Gasteiger partial charge < -0.3 is 9.84 Å². The third-order valence-electron chi connectivity index (χ3n) is 4.91. The number of hydrogen-bond donors (Lipinski definition) is 1. The molecule has 3 aromatic rings. The molecule has 142 valence electrons. The lowest BCUT2D eigenvalue weighted by molar-refractivity contribution is 0.458. The Labute approximate surface area is 168 Å². The molecule has 0 radical (unpaired) electrons. The number of hydrogen-bond acceptors (Lipinski definition) is 5. The van der Waals surface area contributed by atoms with Gasteiger partial charge in [-0.2, -0.15) is 0 Å². The third-order valence-corrected chi connectivity index (χ3v) is 5.46. The number of aryl methyl sites for hydroxylation is 1. The highest BCUT2D eigenvalue weighted by atomic mass is 35.5. The monoisotopic (exact) mass is 404 g/mol. The number of halogens is 2. The average molecular weight is 405 g/mol. The normalized spacial score (nSPS) is 15.3. The second-order valence-corrected chi connectivity index (χ2v) is 8.11. The quantitative estimate of drug-likeness (QED) is 0.501. The Kier molecular flexibility index (Phi) is 5.24. The summed E-state index contributed by atoms with van der Waals surface area (Å²) in [5.41, 5.74) is 2.58. The molecule has 1 fully saturated rings. The van der Waals surface area contributed by atoms with Crippen molar-refractivity contribution in [3.63, 3.8) is 0 Å². The molecule has 0 bridgehead atoms. The smallest absolute Gasteiger partial charge is 0.228 e. The van der Waals surface area contributed by atoms with E-state index in [1.807, 2.05) is 13.0 Å². The fraction of sp³-hybridized carbons (Fsp3) is 0.450. The molecule has 5 nitrogen and oxygen atoms in total. The second kappa shape index (κ2) is 7.64. The van der Waals surface area contributed by atoms with E-state index in [2.05, 4.69) is 27.4 Å². The van der Waals surface area contributed by atoms with Crippen molar-refractivity contribution in [2.75, 3.05) is 5.32 Å². The van der Waals surface area contributed by atoms with E-state index in [0.717, 1.165) is 24.3 Å². The number of fused-ring (bicyclic) bond motifs is 1. The van der Waals surface area contributed by atoms with Crippen LogP contribution in [0.4, 0.5) is 5.82 Å². The van der Waals surface area contributed by atoms with Crippen LogP contribution in [0.15, 0.2) is 22.7 Å². The minimum absolute atomic E-state index is 0.382. The lowest BCUT2D eigenvalue weighted by Gasteiger charge is -2.18. The van der Waals surface area contributed by atoms with Crippen LogP contribution in [0.25, 0.3) is 22.4 Å². The summed E-state index contributed by atoms with van der Waals surface area (Å²) in [7, 11) is 0. The van der Waals surface area contributed by atoms with E-state index in [9.17, 15) is 0 Å². The van der Waals surface area contributed by atoms with Gasteiger partial charge in [-0.25, -0.2) is 9.97 Å². The van der Waals surface area contributed by atoms with E-state index in [0.29, 0.717) is 44.5 Å². The molecule has 0 amide bonds. The van der Waals surface area contributed by atoms with Crippen molar-refractivity contribution in [3.8, 4) is 11.3 Å². The van der Waals surface area contributed by atoms with Crippen LogP contribution in [0.2, 0.25) is 10.0 Å². The summed E-state index contributed by atoms with van der Waals surface area (Å²) in [6.07, 6.45) is 6.07. The molecule has 0 saturated heterocycles. The summed E-state index contributed by atoms with van der Waals surface area (Å²) >= 11 is 12.4. The molecule has 1 saturated carbocycles. The SMILES string of the molecule is CCCC(CC1CC1)Nc1nc(C)nc2c(-c3ccc(Cl)cc3Cl)noc12. The Bertz CT molecular complexity index is 968. The van der Waals surface area contributed by atoms with Gasteiger partial charge in [0.1, 0.15) is 17.0 Å². The van der Waals surface area contributed by atoms with E-state index in [4.69, 9.17) is 27.7 Å². The zero-order chi connectivity index (χ0) is 19.0. The van der Waals surface area contributed by atoms with Gasteiger partial charge in [0.05, 0.1) is 5.02 Å². The first kappa shape index (κ1) is 18.5. The molecule has 2 heterocycles. The van der Waals surface area contributed by atoms with E-state index in [1.54, 1.807) is 12.1 Å². The van der Waals surface area contributed by atoms with Gasteiger partial charge >= 0.3 is 0 Å². The summed E-state index contributed by atoms with van der Waals surface area (Å²) in [4.78, 5) is 9.15. The first-order chi connectivity index (χ1) is 13.0. The molecule has 1 atom stereocenters. The van der Waals surface area contributed by atoms with Crippen LogP contribution in [-0.4, -0.2) is 21.2 Å². The van der Waals surface area contributed by atoms with Crippen molar-refractivity contribution in [2.24, 2.45) is 5.92 Å². The van der Waals surface area contributed by atoms with Crippen LogP contribution in [-0.2, 0) is 0 Å². The first-order valence-electron chi connectivity index (χ1n) is 9.41. The molecule has 7 heteroatoms. The van der Waals surface area contributed by atoms with Crippen molar-refractivity contribution in [3.05, 3.63) is 34.1 Å². The Balaban J connectivity index is 1.73. The highest BCUT2D eigenvalue weighted by Gasteiger charge is 2.27. The Morgan fingerprint density at radius 3 is 2.78 bits per heavy atom. The number of benzene rings is 1. The van der Waals surface area contributed by atoms with Crippen molar-refractivity contribution in [1.82, 2.24) is 15.1 Å². The van der Waals surface area contributed by atoms with Gasteiger partial charge in [-0.05, 0) is 43.9 Å². The van der Waals surface area contributed by atoms with E-state index < -0.39 is 0 Å². The summed E-state index contributed by atoms with van der Waals surface area (Å²) < 4.78 is 5.65. The van der Waals surface area contributed by atoms with Crippen molar-refractivity contribution >= 4 is 40.1 Å². The summed E-state index contributed by atoms with van der Waals surface area (Å²) in [6, 6.07) is 5.69. The molecule has 1 N–H and O–H groups in total. The van der Waals surface area contributed by atoms with Gasteiger partial charge in [-0.1, -0.05) is 54.5 Å². The minimum atomic E-state index is 0.382. The van der Waals surface area contributed by atoms with Crippen LogP contribution in [0.3, 0.4) is 0 Å². The zero-order valence-corrected chi connectivity index (χ0v) is 16.9. The number of anilines is 1. The molecular formula is C20H22Cl2N4O. The first-order valence-corrected chi connectivity index (χ1v) is 10.2. The maximum Gasteiger partial charge on any atom is 0.228 e. The Hall–Kier alpha value is -1.85. The molecular weight excluding hydrogens is 383 g/mol. The van der Waals surface area contributed by atoms with Gasteiger partial charge in [0.15, 0.2) is 5.82 Å². The maximum absolute atomic E-state index is 6.37. The van der Waals surface area contributed by atoms with Crippen molar-refractivity contribution in [2.45, 2.75) is 52.0 Å². The standard InChI is InChI=1S/C20H22Cl2N4O/c1-3-4-14(9-12-5-6-12)25-20-19-18(23-11(2)24-20)17(26-27-19)15-8-7-13(21)10-16(15)22/h7-8,10,12,14H,3-6,9H2,1-2H3,(H,23,24,25). The van der Waals surface area contributed by atoms with Gasteiger partial charge in [-0.15, -0.1) is 0 Å². The predicted octanol–water partition coefficient (Wildman–Crippen LogP) is 6.28. The second-order valence-electron chi connectivity index (χ2n) is 7.26. The Morgan fingerprint density at radius 1 is 1.26 bits per heavy atom. The minimum Gasteiger partial charge on any atom is -0.364 e. The third kappa shape index (κ3) is 4.04. The molecule has 1 unspecified atom stereocenters. The summed E-state index contributed by atoms with van der Waals surface area (Å²) in [5, 5.41) is 8.92. The number of rotatable bonds is 7. The zero-order valence-electron chi connectivity index (χ0n) is 15.4. The fourth-order valence-electron chi connectivity index (χ4n) is 3.45. The van der Waals surface area contributed by atoms with Crippen LogP contribution < -0.4 is 5.32 Å². The van der Waals surface area contributed by atoms with Crippen LogP contribution in [0.5, 0.6) is 0 Å². The summed E-state index contributed by atoms with van der Waals surface area (Å²) in [6.45, 7) is 4.08. The Morgan fingerprint density at radius 2 is 2.07 bits per heavy atom. The largest absolute Gasteiger partial charge is 0.364 e. The highest BCUT2D eigenvalue weighted by Crippen LogP contribution is 2.37. The predicted molar refractivity (Wildman–Crippen MR) is 109 cm³/mol. The molecule has 0 aliphatic heterocycles. The molecule has 1 aromatic carbocycles. The molecule has 4 rings (SSSR count). The molecule has 1 aliphatic carbocycles. The van der Waals surface area contributed by atoms with E-state index >= 15 is 0 Å². The average Bonchev–Trinajstić information content (AvgIpc) is 3.33. The molecule has 2 aromatic heterocycles. The van der Waals surface area contributed by atoms with Gasteiger partial charge in [0.2, 0.25) is 5.58 Å². The molecule has 1 aliphatic rings. The maximum atomic E-state index is 6.37. The van der Waals surface area contributed by atoms with E-state index in [-0.39, 0.29) is 0 Å². The lowest BCUT2D eigenvalue weighted by atomic mass is 10.1. The lowest BCUT2D eigenvalue weighted by Crippen LogP contribution is -2.21. The van der Waals surface area contributed by atoms with Gasteiger partial charge in [0, 0.05) is 16.6 Å². The summed E-state index contributed by atoms with van der Waals surface area (Å²) in [5.74, 6) is 2.22. The van der Waals surface area contributed by atoms with Gasteiger partial charge in [-0.3, -0.25) is 0 Å². The fourth-order valence-corrected chi connectivity index (χ4v) is 3.94. The highest BCUT2D eigenvalue weighted by molar-refractivity contribution is 6.36. The van der Waals surface area contributed by atoms with Crippen molar-refractivity contribution in [1.29, 1.82) is 0 Å². The van der Waals surface area contributed by atoms with Crippen LogP contribution in [0.1, 0.15) is 44.9 Å². The number of aromatic nitrogens is 3. The van der Waals surface area contributed by atoms with Crippen LogP contribution in [0, 0.1) is 12.8 Å². The number of nitrogens with one attached hydrogen (secondary N) is 1. The van der Waals surface area contributed by atoms with Crippen LogP contribution >= 0.6 is 23.2 Å². The number of nitrogens with zero attached hydrogens (tertiary/aromatic N) is 3. The topological polar surface area (TPSA) is 63.8 Å². The van der Waals surface area contributed by atoms with Gasteiger partial charge in [0.25, 0.3) is 0 Å². The molecule has 27 heavy (non-hydrogen) atoms. The van der Waals surface area contributed by atoms with E-state index in [1.165, 1.54) is 19.3 Å².